The maximum Gasteiger partial charge on any atom is 0.315 e. The first-order valence-electron chi connectivity index (χ1n) is 5.85. The van der Waals surface area contributed by atoms with E-state index < -0.39 is 0 Å². The van der Waals surface area contributed by atoms with Gasteiger partial charge in [-0.25, -0.2) is 0 Å². The summed E-state index contributed by atoms with van der Waals surface area (Å²) in [6.45, 7) is 3.54. The number of esters is 1. The van der Waals surface area contributed by atoms with E-state index in [-0.39, 0.29) is 18.3 Å². The third kappa shape index (κ3) is 3.26. The highest BCUT2D eigenvalue weighted by molar-refractivity contribution is 5.71. The molecular formula is C11H16N2O4. The highest BCUT2D eigenvalue weighted by Crippen LogP contribution is 2.22. The van der Waals surface area contributed by atoms with Gasteiger partial charge >= 0.3 is 5.97 Å². The van der Waals surface area contributed by atoms with Crippen LogP contribution in [0.4, 0.5) is 0 Å². The molecule has 6 nitrogen and oxygen atoms in total. The van der Waals surface area contributed by atoms with Gasteiger partial charge in [0, 0.05) is 12.5 Å². The summed E-state index contributed by atoms with van der Waals surface area (Å²) in [6, 6.07) is 0. The van der Waals surface area contributed by atoms with Crippen LogP contribution in [0.25, 0.3) is 0 Å². The lowest BCUT2D eigenvalue weighted by Crippen LogP contribution is -2.16. The number of hydrogen-bond acceptors (Lipinski definition) is 6. The smallest absolute Gasteiger partial charge is 0.315 e. The van der Waals surface area contributed by atoms with Crippen LogP contribution in [0.5, 0.6) is 0 Å². The van der Waals surface area contributed by atoms with E-state index in [1.165, 1.54) is 0 Å². The summed E-state index contributed by atoms with van der Waals surface area (Å²) in [6.07, 6.45) is 2.04. The average Bonchev–Trinajstić information content (AvgIpc) is 2.79. The summed E-state index contributed by atoms with van der Waals surface area (Å²) in [5.74, 6) is 0.777. The number of aromatic nitrogens is 2. The zero-order chi connectivity index (χ0) is 12.1. The lowest BCUT2D eigenvalue weighted by atomic mass is 10.0. The predicted molar refractivity (Wildman–Crippen MR) is 57.4 cm³/mol. The molecule has 1 saturated heterocycles. The molecule has 0 aliphatic carbocycles. The number of hydrogen-bond donors (Lipinski definition) is 0. The second-order valence-corrected chi connectivity index (χ2v) is 3.94. The van der Waals surface area contributed by atoms with Crippen molar-refractivity contribution >= 4 is 5.97 Å². The van der Waals surface area contributed by atoms with Gasteiger partial charge < -0.3 is 14.0 Å². The Morgan fingerprint density at radius 3 is 3.18 bits per heavy atom. The summed E-state index contributed by atoms with van der Waals surface area (Å²) >= 11 is 0. The molecule has 17 heavy (non-hydrogen) atoms. The zero-order valence-electron chi connectivity index (χ0n) is 9.85. The van der Waals surface area contributed by atoms with Crippen LogP contribution in [-0.2, 0) is 20.7 Å². The van der Waals surface area contributed by atoms with Crippen molar-refractivity contribution in [2.75, 3.05) is 19.8 Å². The topological polar surface area (TPSA) is 74.5 Å². The van der Waals surface area contributed by atoms with Crippen molar-refractivity contribution in [1.29, 1.82) is 0 Å². The largest absolute Gasteiger partial charge is 0.466 e. The fourth-order valence-corrected chi connectivity index (χ4v) is 1.79. The number of rotatable bonds is 4. The van der Waals surface area contributed by atoms with Crippen molar-refractivity contribution in [3.63, 3.8) is 0 Å². The molecule has 94 valence electrons. The lowest BCUT2D eigenvalue weighted by Gasteiger charge is -2.18. The number of carbonyl (C=O) groups excluding carboxylic acids is 1. The van der Waals surface area contributed by atoms with Crippen LogP contribution >= 0.6 is 0 Å². The third-order valence-corrected chi connectivity index (χ3v) is 2.61. The Morgan fingerprint density at radius 1 is 1.59 bits per heavy atom. The fourth-order valence-electron chi connectivity index (χ4n) is 1.79. The van der Waals surface area contributed by atoms with Crippen molar-refractivity contribution < 1.29 is 18.8 Å². The van der Waals surface area contributed by atoms with Crippen LogP contribution in [0.15, 0.2) is 4.52 Å². The molecule has 0 spiro atoms. The monoisotopic (exact) mass is 240 g/mol. The van der Waals surface area contributed by atoms with Crippen LogP contribution in [0.3, 0.4) is 0 Å². The molecule has 0 aromatic carbocycles. The summed E-state index contributed by atoms with van der Waals surface area (Å²) in [4.78, 5) is 15.4. The first kappa shape index (κ1) is 12.0. The molecule has 0 amide bonds. The predicted octanol–water partition coefficient (Wildman–Crippen LogP) is 1.07. The molecule has 1 unspecified atom stereocenters. The van der Waals surface area contributed by atoms with E-state index in [1.807, 2.05) is 0 Å². The van der Waals surface area contributed by atoms with Crippen molar-refractivity contribution in [2.24, 2.45) is 0 Å². The number of carbonyl (C=O) groups is 1. The molecule has 1 aliphatic rings. The summed E-state index contributed by atoms with van der Waals surface area (Å²) in [7, 11) is 0. The Labute approximate surface area is 99.3 Å². The standard InChI is InChI=1S/C11H16N2O4/c1-2-16-10(14)6-9-12-11(13-17-9)8-4-3-5-15-7-8/h8H,2-7H2,1H3. The van der Waals surface area contributed by atoms with Gasteiger partial charge in [-0.15, -0.1) is 0 Å². The molecule has 2 rings (SSSR count). The molecule has 1 aromatic heterocycles. The van der Waals surface area contributed by atoms with Gasteiger partial charge in [0.25, 0.3) is 0 Å². The minimum atomic E-state index is -0.345. The van der Waals surface area contributed by atoms with E-state index in [2.05, 4.69) is 10.1 Å². The van der Waals surface area contributed by atoms with Gasteiger partial charge in [-0.3, -0.25) is 4.79 Å². The third-order valence-electron chi connectivity index (χ3n) is 2.61. The molecule has 0 bridgehead atoms. The van der Waals surface area contributed by atoms with E-state index >= 15 is 0 Å². The average molecular weight is 240 g/mol. The molecule has 1 aliphatic heterocycles. The first-order valence-corrected chi connectivity index (χ1v) is 5.85. The molecule has 0 N–H and O–H groups in total. The molecule has 1 aromatic rings. The van der Waals surface area contributed by atoms with Gasteiger partial charge in [0.15, 0.2) is 5.82 Å². The van der Waals surface area contributed by atoms with Crippen molar-refractivity contribution in [3.05, 3.63) is 11.7 Å². The van der Waals surface area contributed by atoms with Crippen molar-refractivity contribution in [2.45, 2.75) is 32.1 Å². The fraction of sp³-hybridized carbons (Fsp3) is 0.727. The Balaban J connectivity index is 1.93. The van der Waals surface area contributed by atoms with Crippen LogP contribution in [0.1, 0.15) is 37.4 Å². The highest BCUT2D eigenvalue weighted by atomic mass is 16.5. The Kier molecular flexibility index (Phi) is 4.08. The minimum Gasteiger partial charge on any atom is -0.466 e. The summed E-state index contributed by atoms with van der Waals surface area (Å²) in [5, 5.41) is 3.88. The van der Waals surface area contributed by atoms with E-state index in [1.54, 1.807) is 6.92 Å². The normalized spacial score (nSPS) is 20.2. The number of nitrogens with zero attached hydrogens (tertiary/aromatic N) is 2. The quantitative estimate of drug-likeness (QED) is 0.733. The minimum absolute atomic E-state index is 0.0361. The molecule has 2 heterocycles. The van der Waals surface area contributed by atoms with E-state index in [4.69, 9.17) is 14.0 Å². The first-order chi connectivity index (χ1) is 8.29. The van der Waals surface area contributed by atoms with Crippen LogP contribution in [0.2, 0.25) is 0 Å². The number of ether oxygens (including phenoxy) is 2. The van der Waals surface area contributed by atoms with Crippen LogP contribution < -0.4 is 0 Å². The van der Waals surface area contributed by atoms with E-state index in [9.17, 15) is 4.79 Å². The Hall–Kier alpha value is -1.43. The maximum absolute atomic E-state index is 11.2. The SMILES string of the molecule is CCOC(=O)Cc1nc(C2CCCOC2)no1. The summed E-state index contributed by atoms with van der Waals surface area (Å²) < 4.78 is 15.2. The highest BCUT2D eigenvalue weighted by Gasteiger charge is 2.22. The zero-order valence-corrected chi connectivity index (χ0v) is 9.85. The Morgan fingerprint density at radius 2 is 2.47 bits per heavy atom. The molecule has 1 fully saturated rings. The van der Waals surface area contributed by atoms with E-state index in [0.717, 1.165) is 19.4 Å². The second-order valence-electron chi connectivity index (χ2n) is 3.94. The van der Waals surface area contributed by atoms with Gasteiger partial charge in [0.1, 0.15) is 6.42 Å². The van der Waals surface area contributed by atoms with Crippen molar-refractivity contribution in [3.8, 4) is 0 Å². The van der Waals surface area contributed by atoms with Gasteiger partial charge in [-0.05, 0) is 19.8 Å². The van der Waals surface area contributed by atoms with E-state index in [0.29, 0.717) is 24.9 Å². The second kappa shape index (κ2) is 5.77. The maximum atomic E-state index is 11.2. The summed E-state index contributed by atoms with van der Waals surface area (Å²) in [5.41, 5.74) is 0. The van der Waals surface area contributed by atoms with Crippen LogP contribution in [-0.4, -0.2) is 35.9 Å². The molecule has 0 radical (unpaired) electrons. The van der Waals surface area contributed by atoms with Crippen LogP contribution in [0, 0.1) is 0 Å². The Bertz CT molecular complexity index is 371. The van der Waals surface area contributed by atoms with Crippen molar-refractivity contribution in [1.82, 2.24) is 10.1 Å². The lowest BCUT2D eigenvalue weighted by molar-refractivity contribution is -0.142. The molecule has 0 saturated carbocycles. The molecule has 6 heteroatoms. The van der Waals surface area contributed by atoms with Gasteiger partial charge in [-0.1, -0.05) is 5.16 Å². The molecular weight excluding hydrogens is 224 g/mol. The van der Waals surface area contributed by atoms with Gasteiger partial charge in [-0.2, -0.15) is 4.98 Å². The molecule has 1 atom stereocenters. The van der Waals surface area contributed by atoms with Gasteiger partial charge in [0.2, 0.25) is 5.89 Å². The van der Waals surface area contributed by atoms with Gasteiger partial charge in [0.05, 0.1) is 13.2 Å².